The second-order valence-corrected chi connectivity index (χ2v) is 7.05. The van der Waals surface area contributed by atoms with Gasteiger partial charge in [-0.1, -0.05) is 0 Å². The molecule has 0 aliphatic rings. The summed E-state index contributed by atoms with van der Waals surface area (Å²) in [5.41, 5.74) is 1.10. The minimum absolute atomic E-state index is 0.130. The van der Waals surface area contributed by atoms with Gasteiger partial charge >= 0.3 is 11.9 Å². The molecule has 0 aromatic heterocycles. The van der Waals surface area contributed by atoms with E-state index in [1.807, 2.05) is 0 Å². The number of carboxylic acid groups (broad SMARTS) is 2. The van der Waals surface area contributed by atoms with Gasteiger partial charge in [0.05, 0.1) is 39.9 Å². The molecule has 1 amide bonds. The van der Waals surface area contributed by atoms with Crippen LogP contribution in [0.3, 0.4) is 0 Å². The average Bonchev–Trinajstić information content (AvgIpc) is 2.82. The molecule has 1 unspecified atom stereocenters. The summed E-state index contributed by atoms with van der Waals surface area (Å²) in [6, 6.07) is 7.83. The molecule has 10 heteroatoms. The molecule has 0 aliphatic heterocycles. The lowest BCUT2D eigenvalue weighted by Gasteiger charge is -2.17. The molecule has 2 aromatic carbocycles. The molecule has 0 fully saturated rings. The summed E-state index contributed by atoms with van der Waals surface area (Å²) in [6.07, 6.45) is 2.33. The third-order valence-electron chi connectivity index (χ3n) is 4.97. The molecular formula is C24H27NO9. The second-order valence-electron chi connectivity index (χ2n) is 7.05. The molecular weight excluding hydrogens is 446 g/mol. The highest BCUT2D eigenvalue weighted by Gasteiger charge is 2.25. The van der Waals surface area contributed by atoms with Crippen LogP contribution in [-0.4, -0.2) is 56.5 Å². The molecule has 0 heterocycles. The number of carboxylic acids is 2. The standard InChI is InChI=1S/C24H27NO9/c1-31-15-12-20(33-3)17(21(13-15)34-4)6-9-22(26)25-14-5-8-19(32-2)18(11-14)16(24(29)30)7-10-23(27)28/h5-6,8-9,11-13,16H,7,10H2,1-4H3,(H,25,26)(H,27,28)(H,29,30)/b9-6+. The zero-order chi connectivity index (χ0) is 25.3. The number of rotatable bonds is 12. The number of carbonyl (C=O) groups is 3. The van der Waals surface area contributed by atoms with Gasteiger partial charge in [-0.15, -0.1) is 0 Å². The minimum Gasteiger partial charge on any atom is -0.496 e. The van der Waals surface area contributed by atoms with E-state index in [4.69, 9.17) is 24.1 Å². The van der Waals surface area contributed by atoms with Crippen molar-refractivity contribution in [2.45, 2.75) is 18.8 Å². The highest BCUT2D eigenvalue weighted by atomic mass is 16.5. The SMILES string of the molecule is COc1cc(OC)c(/C=C/C(=O)Nc2ccc(OC)c(C(CCC(=O)O)C(=O)O)c2)c(OC)c1. The predicted molar refractivity (Wildman–Crippen MR) is 124 cm³/mol. The molecule has 0 saturated carbocycles. The van der Waals surface area contributed by atoms with E-state index in [2.05, 4.69) is 5.32 Å². The van der Waals surface area contributed by atoms with E-state index in [9.17, 15) is 19.5 Å². The van der Waals surface area contributed by atoms with Gasteiger partial charge in [0.2, 0.25) is 5.91 Å². The maximum absolute atomic E-state index is 12.6. The number of hydrogen-bond acceptors (Lipinski definition) is 7. The quantitative estimate of drug-likeness (QED) is 0.396. The molecule has 2 rings (SSSR count). The largest absolute Gasteiger partial charge is 0.496 e. The monoisotopic (exact) mass is 473 g/mol. The molecule has 0 bridgehead atoms. The van der Waals surface area contributed by atoms with Gasteiger partial charge in [-0.05, 0) is 30.7 Å². The van der Waals surface area contributed by atoms with Gasteiger partial charge < -0.3 is 34.5 Å². The van der Waals surface area contributed by atoms with Gasteiger partial charge in [-0.25, -0.2) is 0 Å². The Hall–Kier alpha value is -4.21. The number of carbonyl (C=O) groups excluding carboxylic acids is 1. The molecule has 2 aromatic rings. The van der Waals surface area contributed by atoms with Gasteiger partial charge in [0.25, 0.3) is 0 Å². The lowest BCUT2D eigenvalue weighted by atomic mass is 9.93. The highest BCUT2D eigenvalue weighted by molar-refractivity contribution is 6.02. The molecule has 3 N–H and O–H groups in total. The molecule has 10 nitrogen and oxygen atoms in total. The van der Waals surface area contributed by atoms with Crippen molar-refractivity contribution in [1.82, 2.24) is 0 Å². The molecule has 0 saturated heterocycles. The number of aliphatic carboxylic acids is 2. The Balaban J connectivity index is 2.30. The summed E-state index contributed by atoms with van der Waals surface area (Å²) in [5, 5.41) is 21.2. The Kier molecular flexibility index (Phi) is 9.30. The van der Waals surface area contributed by atoms with Crippen molar-refractivity contribution in [1.29, 1.82) is 0 Å². The Morgan fingerprint density at radius 2 is 1.53 bits per heavy atom. The van der Waals surface area contributed by atoms with Crippen LogP contribution in [0.1, 0.15) is 29.9 Å². The molecule has 0 aliphatic carbocycles. The van der Waals surface area contributed by atoms with Crippen LogP contribution in [0.25, 0.3) is 6.08 Å². The Bertz CT molecular complexity index is 1050. The number of benzene rings is 2. The van der Waals surface area contributed by atoms with Crippen molar-refractivity contribution in [2.75, 3.05) is 33.8 Å². The van der Waals surface area contributed by atoms with Gasteiger partial charge in [0.15, 0.2) is 0 Å². The van der Waals surface area contributed by atoms with Crippen molar-refractivity contribution < 1.29 is 43.5 Å². The van der Waals surface area contributed by atoms with Gasteiger partial charge in [-0.2, -0.15) is 0 Å². The second kappa shape index (κ2) is 12.1. The maximum Gasteiger partial charge on any atom is 0.311 e. The van der Waals surface area contributed by atoms with Gasteiger partial charge in [0.1, 0.15) is 23.0 Å². The summed E-state index contributed by atoms with van der Waals surface area (Å²) < 4.78 is 21.2. The zero-order valence-electron chi connectivity index (χ0n) is 19.3. The first kappa shape index (κ1) is 26.0. The fourth-order valence-corrected chi connectivity index (χ4v) is 3.30. The molecule has 0 spiro atoms. The van der Waals surface area contributed by atoms with Crippen LogP contribution < -0.4 is 24.3 Å². The molecule has 1 atom stereocenters. The third kappa shape index (κ3) is 6.64. The normalized spacial score (nSPS) is 11.5. The van der Waals surface area contributed by atoms with Crippen LogP contribution >= 0.6 is 0 Å². The smallest absolute Gasteiger partial charge is 0.311 e. The van der Waals surface area contributed by atoms with Crippen LogP contribution in [0.4, 0.5) is 5.69 Å². The van der Waals surface area contributed by atoms with Crippen molar-refractivity contribution in [3.63, 3.8) is 0 Å². The van der Waals surface area contributed by atoms with E-state index in [0.29, 0.717) is 28.5 Å². The van der Waals surface area contributed by atoms with E-state index < -0.39 is 23.8 Å². The Labute approximate surface area is 196 Å². The van der Waals surface area contributed by atoms with Crippen molar-refractivity contribution in [3.05, 3.63) is 47.5 Å². The molecule has 182 valence electrons. The van der Waals surface area contributed by atoms with E-state index >= 15 is 0 Å². The first-order valence-corrected chi connectivity index (χ1v) is 10.2. The van der Waals surface area contributed by atoms with E-state index in [1.165, 1.54) is 52.7 Å². The van der Waals surface area contributed by atoms with Gasteiger partial charge in [-0.3, -0.25) is 14.4 Å². The number of methoxy groups -OCH3 is 4. The first-order chi connectivity index (χ1) is 16.2. The fraction of sp³-hybridized carbons (Fsp3) is 0.292. The maximum atomic E-state index is 12.6. The zero-order valence-corrected chi connectivity index (χ0v) is 19.3. The van der Waals surface area contributed by atoms with Crippen LogP contribution in [0.2, 0.25) is 0 Å². The summed E-state index contributed by atoms with van der Waals surface area (Å²) in [5.74, 6) is -2.23. The number of ether oxygens (including phenoxy) is 4. The summed E-state index contributed by atoms with van der Waals surface area (Å²) in [7, 11) is 5.85. The average molecular weight is 473 g/mol. The number of amides is 1. The summed E-state index contributed by atoms with van der Waals surface area (Å²) >= 11 is 0. The molecule has 0 radical (unpaired) electrons. The first-order valence-electron chi connectivity index (χ1n) is 10.2. The summed E-state index contributed by atoms with van der Waals surface area (Å²) in [6.45, 7) is 0. The van der Waals surface area contributed by atoms with Crippen LogP contribution in [0.15, 0.2) is 36.4 Å². The van der Waals surface area contributed by atoms with Crippen molar-refractivity contribution in [3.8, 4) is 23.0 Å². The lowest BCUT2D eigenvalue weighted by Crippen LogP contribution is -2.15. The molecule has 34 heavy (non-hydrogen) atoms. The Morgan fingerprint density at radius 3 is 2.03 bits per heavy atom. The van der Waals surface area contributed by atoms with Crippen LogP contribution in [-0.2, 0) is 14.4 Å². The van der Waals surface area contributed by atoms with E-state index in [0.717, 1.165) is 0 Å². The van der Waals surface area contributed by atoms with Gasteiger partial charge in [0, 0.05) is 35.9 Å². The highest BCUT2D eigenvalue weighted by Crippen LogP contribution is 2.35. The minimum atomic E-state index is -1.19. The summed E-state index contributed by atoms with van der Waals surface area (Å²) in [4.78, 5) is 35.3. The number of nitrogens with one attached hydrogen (secondary N) is 1. The predicted octanol–water partition coefficient (Wildman–Crippen LogP) is 3.41. The topological polar surface area (TPSA) is 141 Å². The number of hydrogen-bond donors (Lipinski definition) is 3. The lowest BCUT2D eigenvalue weighted by molar-refractivity contribution is -0.140. The van der Waals surface area contributed by atoms with Crippen LogP contribution in [0.5, 0.6) is 23.0 Å². The van der Waals surface area contributed by atoms with Crippen molar-refractivity contribution >= 4 is 29.6 Å². The third-order valence-corrected chi connectivity index (χ3v) is 4.97. The fourth-order valence-electron chi connectivity index (χ4n) is 3.30. The number of anilines is 1. The van der Waals surface area contributed by atoms with Crippen LogP contribution in [0, 0.1) is 0 Å². The van der Waals surface area contributed by atoms with E-state index in [-0.39, 0.29) is 24.2 Å². The Morgan fingerprint density at radius 1 is 0.912 bits per heavy atom. The van der Waals surface area contributed by atoms with Crippen molar-refractivity contribution in [2.24, 2.45) is 0 Å². The van der Waals surface area contributed by atoms with E-state index in [1.54, 1.807) is 18.2 Å².